The monoisotopic (exact) mass is 530 g/mol. The molecule has 2 aromatic carbocycles. The van der Waals surface area contributed by atoms with Crippen molar-refractivity contribution in [1.29, 1.82) is 0 Å². The molecule has 0 saturated carbocycles. The van der Waals surface area contributed by atoms with Crippen LogP contribution in [0.15, 0.2) is 48.5 Å². The van der Waals surface area contributed by atoms with Gasteiger partial charge in [0.1, 0.15) is 38.6 Å². The minimum absolute atomic E-state index is 0.157. The van der Waals surface area contributed by atoms with Crippen LogP contribution in [0.1, 0.15) is 52.4 Å². The molecule has 0 radical (unpaired) electrons. The summed E-state index contributed by atoms with van der Waals surface area (Å²) in [5.74, 6) is 2.01. The zero-order chi connectivity index (χ0) is 26.9. The molecule has 1 aliphatic rings. The Hall–Kier alpha value is -2.97. The van der Waals surface area contributed by atoms with Crippen LogP contribution in [0.5, 0.6) is 23.0 Å². The largest absolute Gasteiger partial charge is 0.487 e. The van der Waals surface area contributed by atoms with Gasteiger partial charge in [-0.2, -0.15) is 0 Å². The highest BCUT2D eigenvalue weighted by molar-refractivity contribution is 5.70. The van der Waals surface area contributed by atoms with Gasteiger partial charge in [-0.15, -0.1) is 0 Å². The summed E-state index contributed by atoms with van der Waals surface area (Å²) in [6, 6.07) is 15.0. The third-order valence-electron chi connectivity index (χ3n) is 6.11. The van der Waals surface area contributed by atoms with Gasteiger partial charge in [0, 0.05) is 0 Å². The Kier molecular flexibility index (Phi) is 13.1. The van der Waals surface area contributed by atoms with Crippen LogP contribution in [-0.2, 0) is 19.0 Å². The quantitative estimate of drug-likeness (QED) is 0.290. The van der Waals surface area contributed by atoms with Crippen LogP contribution < -0.4 is 18.9 Å². The van der Waals surface area contributed by atoms with Crippen LogP contribution in [0.25, 0.3) is 0 Å². The average molecular weight is 531 g/mol. The van der Waals surface area contributed by atoms with Crippen molar-refractivity contribution in [2.24, 2.45) is 0 Å². The molecule has 1 aliphatic heterocycles. The van der Waals surface area contributed by atoms with Crippen molar-refractivity contribution >= 4 is 5.97 Å². The minimum Gasteiger partial charge on any atom is -0.487 e. The molecule has 210 valence electrons. The van der Waals surface area contributed by atoms with Crippen LogP contribution >= 0.6 is 0 Å². The van der Waals surface area contributed by atoms with E-state index in [-0.39, 0.29) is 19.8 Å². The molecular weight excluding hydrogens is 488 g/mol. The predicted molar refractivity (Wildman–Crippen MR) is 144 cm³/mol. The van der Waals surface area contributed by atoms with Crippen molar-refractivity contribution in [2.75, 3.05) is 52.9 Å². The molecule has 0 aliphatic carbocycles. The van der Waals surface area contributed by atoms with E-state index in [9.17, 15) is 4.79 Å². The van der Waals surface area contributed by atoms with Gasteiger partial charge in [-0.1, -0.05) is 63.8 Å². The predicted octanol–water partition coefficient (Wildman–Crippen LogP) is 5.61. The van der Waals surface area contributed by atoms with E-state index >= 15 is 0 Å². The van der Waals surface area contributed by atoms with Gasteiger partial charge in [-0.25, -0.2) is 4.79 Å². The Morgan fingerprint density at radius 1 is 0.737 bits per heavy atom. The van der Waals surface area contributed by atoms with Crippen LogP contribution in [0, 0.1) is 0 Å². The van der Waals surface area contributed by atoms with Crippen LogP contribution in [0.4, 0.5) is 0 Å². The number of hydrogen-bond acceptors (Lipinski definition) is 8. The number of rotatable bonds is 10. The third kappa shape index (κ3) is 10.1. The van der Waals surface area contributed by atoms with Crippen molar-refractivity contribution in [3.8, 4) is 23.0 Å². The van der Waals surface area contributed by atoms with Gasteiger partial charge in [0.15, 0.2) is 23.0 Å². The molecule has 0 fully saturated rings. The second-order valence-electron chi connectivity index (χ2n) is 9.28. The molecule has 0 aromatic heterocycles. The van der Waals surface area contributed by atoms with Gasteiger partial charge < -0.3 is 33.2 Å². The number of carbonyl (C=O) groups excluding carboxylic acids is 1. The molecule has 0 atom stereocenters. The molecular formula is C30H42O8. The lowest BCUT2D eigenvalue weighted by atomic mass is 9.99. The fraction of sp³-hybridized carbons (Fsp3) is 0.567. The Balaban J connectivity index is 1.77. The summed E-state index contributed by atoms with van der Waals surface area (Å²) in [4.78, 5) is 12.5. The Morgan fingerprint density at radius 2 is 1.29 bits per heavy atom. The smallest absolute Gasteiger partial charge is 0.332 e. The van der Waals surface area contributed by atoms with E-state index in [1.165, 1.54) is 0 Å². The molecule has 0 spiro atoms. The van der Waals surface area contributed by atoms with Crippen molar-refractivity contribution in [1.82, 2.24) is 0 Å². The molecule has 1 heterocycles. The van der Waals surface area contributed by atoms with Crippen molar-refractivity contribution in [3.05, 3.63) is 48.5 Å². The van der Waals surface area contributed by atoms with E-state index < -0.39 is 11.6 Å². The highest BCUT2D eigenvalue weighted by Crippen LogP contribution is 2.32. The Morgan fingerprint density at radius 3 is 1.82 bits per heavy atom. The van der Waals surface area contributed by atoms with E-state index in [0.29, 0.717) is 62.5 Å². The first-order valence-electron chi connectivity index (χ1n) is 13.7. The zero-order valence-corrected chi connectivity index (χ0v) is 22.8. The normalized spacial score (nSPS) is 15.9. The minimum atomic E-state index is -0.906. The Bertz CT molecular complexity index is 892. The van der Waals surface area contributed by atoms with E-state index in [2.05, 4.69) is 13.8 Å². The lowest BCUT2D eigenvalue weighted by Gasteiger charge is -2.33. The molecule has 3 rings (SSSR count). The van der Waals surface area contributed by atoms with E-state index in [1.807, 2.05) is 48.5 Å². The summed E-state index contributed by atoms with van der Waals surface area (Å²) in [7, 11) is 0. The number of hydrogen-bond donors (Lipinski definition) is 0. The number of carbonyl (C=O) groups is 1. The van der Waals surface area contributed by atoms with E-state index in [1.54, 1.807) is 0 Å². The number of fused-ring (bicyclic) bond motifs is 2. The standard InChI is InChI=1S/C30H42O8/c1-3-5-6-11-17-35-29(31)22-38-30(16-4-2)23-36-27-14-9-7-12-25(27)33-20-18-32-19-21-34-26-13-8-10-15-28(26)37-24-30/h7-10,12-15H,3-6,11,16-24H2,1-2H3. The number of para-hydroxylation sites is 4. The number of unbranched alkanes of at least 4 members (excludes halogenated alkanes) is 3. The topological polar surface area (TPSA) is 81.7 Å². The molecule has 38 heavy (non-hydrogen) atoms. The molecule has 8 heteroatoms. The van der Waals surface area contributed by atoms with Gasteiger partial charge in [0.05, 0.1) is 19.8 Å². The maximum atomic E-state index is 12.5. The average Bonchev–Trinajstić information content (AvgIpc) is 2.94. The van der Waals surface area contributed by atoms with E-state index in [4.69, 9.17) is 33.2 Å². The highest BCUT2D eigenvalue weighted by Gasteiger charge is 2.35. The lowest BCUT2D eigenvalue weighted by Crippen LogP contribution is -2.46. The lowest BCUT2D eigenvalue weighted by molar-refractivity contribution is -0.162. The van der Waals surface area contributed by atoms with Gasteiger partial charge >= 0.3 is 5.97 Å². The highest BCUT2D eigenvalue weighted by atomic mass is 16.6. The first-order valence-corrected chi connectivity index (χ1v) is 13.7. The second-order valence-corrected chi connectivity index (χ2v) is 9.28. The summed E-state index contributed by atoms with van der Waals surface area (Å²) in [6.45, 7) is 6.32. The maximum Gasteiger partial charge on any atom is 0.332 e. The fourth-order valence-corrected chi connectivity index (χ4v) is 4.08. The third-order valence-corrected chi connectivity index (χ3v) is 6.11. The first kappa shape index (κ1) is 29.6. The number of ether oxygens (including phenoxy) is 7. The Labute approximate surface area is 226 Å². The van der Waals surface area contributed by atoms with Crippen LogP contribution in [0.3, 0.4) is 0 Å². The summed E-state index contributed by atoms with van der Waals surface area (Å²) in [6.07, 6.45) is 5.56. The van der Waals surface area contributed by atoms with Gasteiger partial charge in [-0.05, 0) is 37.1 Å². The second kappa shape index (κ2) is 16.8. The van der Waals surface area contributed by atoms with Gasteiger partial charge in [-0.3, -0.25) is 0 Å². The molecule has 8 nitrogen and oxygen atoms in total. The van der Waals surface area contributed by atoms with Crippen molar-refractivity contribution in [3.63, 3.8) is 0 Å². The molecule has 0 saturated heterocycles. The molecule has 0 amide bonds. The van der Waals surface area contributed by atoms with Gasteiger partial charge in [0.2, 0.25) is 0 Å². The molecule has 2 aromatic rings. The maximum absolute atomic E-state index is 12.5. The summed E-state index contributed by atoms with van der Waals surface area (Å²) in [5, 5.41) is 0. The number of esters is 1. The fourth-order valence-electron chi connectivity index (χ4n) is 4.08. The SMILES string of the molecule is CCCCCCOC(=O)COC1(CCC)COc2ccccc2OCCOCCOc2ccccc2OC1. The van der Waals surface area contributed by atoms with Crippen LogP contribution in [0.2, 0.25) is 0 Å². The van der Waals surface area contributed by atoms with Crippen molar-refractivity contribution in [2.45, 2.75) is 58.0 Å². The van der Waals surface area contributed by atoms with Gasteiger partial charge in [0.25, 0.3) is 0 Å². The molecule has 0 unspecified atom stereocenters. The molecule has 0 N–H and O–H groups in total. The summed E-state index contributed by atoms with van der Waals surface area (Å²) < 4.78 is 41.6. The van der Waals surface area contributed by atoms with Crippen molar-refractivity contribution < 1.29 is 38.0 Å². The van der Waals surface area contributed by atoms with E-state index in [0.717, 1.165) is 32.1 Å². The first-order chi connectivity index (χ1) is 18.7. The molecule has 0 bridgehead atoms. The summed E-state index contributed by atoms with van der Waals surface area (Å²) in [5.41, 5.74) is -0.906. The van der Waals surface area contributed by atoms with Crippen LogP contribution in [-0.4, -0.2) is 64.4 Å². The zero-order valence-electron chi connectivity index (χ0n) is 22.8. The number of benzene rings is 2. The summed E-state index contributed by atoms with van der Waals surface area (Å²) >= 11 is 0.